The van der Waals surface area contributed by atoms with Crippen LogP contribution in [0, 0.1) is 0 Å². The minimum absolute atomic E-state index is 0.109. The van der Waals surface area contributed by atoms with E-state index in [1.165, 1.54) is 0 Å². The maximum absolute atomic E-state index is 6.34. The van der Waals surface area contributed by atoms with Gasteiger partial charge in [0.05, 0.1) is 10.0 Å². The van der Waals surface area contributed by atoms with E-state index in [1.807, 2.05) is 24.3 Å². The molecule has 0 bridgehead atoms. The zero-order valence-electron chi connectivity index (χ0n) is 11.6. The molecule has 0 aromatic heterocycles. The summed E-state index contributed by atoms with van der Waals surface area (Å²) >= 11 is 20.0. The van der Waals surface area contributed by atoms with Crippen LogP contribution in [0.2, 0.25) is 15.1 Å². The van der Waals surface area contributed by atoms with Gasteiger partial charge in [0, 0.05) is 20.9 Å². The number of benzene rings is 2. The number of halogens is 3. The molecule has 2 N–H and O–H groups in total. The minimum atomic E-state index is 0.109. The molecule has 0 saturated heterocycles. The Hall–Kier alpha value is -0.380. The lowest BCUT2D eigenvalue weighted by Crippen LogP contribution is -2.21. The van der Waals surface area contributed by atoms with Crippen LogP contribution in [0.5, 0.6) is 0 Å². The zero-order valence-corrected chi connectivity index (χ0v) is 14.7. The summed E-state index contributed by atoms with van der Waals surface area (Å²) in [6, 6.07) is 11.6. The average Bonchev–Trinajstić information content (AvgIpc) is 2.46. The van der Waals surface area contributed by atoms with Crippen LogP contribution in [-0.2, 0) is 6.42 Å². The Morgan fingerprint density at radius 2 is 1.81 bits per heavy atom. The molecule has 1 unspecified atom stereocenters. The molecule has 0 fully saturated rings. The van der Waals surface area contributed by atoms with E-state index in [-0.39, 0.29) is 6.04 Å². The summed E-state index contributed by atoms with van der Waals surface area (Å²) in [5.74, 6) is 0. The molecular formula is C16H16Cl3NS. The van der Waals surface area contributed by atoms with Crippen LogP contribution in [-0.4, -0.2) is 6.04 Å². The lowest BCUT2D eigenvalue weighted by molar-refractivity contribution is 0.641. The van der Waals surface area contributed by atoms with Gasteiger partial charge in [-0.05, 0) is 48.7 Å². The van der Waals surface area contributed by atoms with Crippen LogP contribution in [0.4, 0.5) is 0 Å². The maximum atomic E-state index is 6.34. The summed E-state index contributed by atoms with van der Waals surface area (Å²) < 4.78 is 0. The Morgan fingerprint density at radius 3 is 2.48 bits per heavy atom. The van der Waals surface area contributed by atoms with E-state index in [1.54, 1.807) is 17.8 Å². The number of nitrogens with two attached hydrogens (primary N) is 1. The van der Waals surface area contributed by atoms with Gasteiger partial charge in [0.25, 0.3) is 0 Å². The second-order valence-corrected chi connectivity index (χ2v) is 7.10. The molecule has 2 aromatic rings. The highest BCUT2D eigenvalue weighted by atomic mass is 35.5. The normalized spacial score (nSPS) is 12.4. The summed E-state index contributed by atoms with van der Waals surface area (Å²) in [7, 11) is 0. The number of rotatable bonds is 5. The van der Waals surface area contributed by atoms with Crippen LogP contribution in [0.15, 0.2) is 46.2 Å². The van der Waals surface area contributed by atoms with Crippen molar-refractivity contribution in [3.63, 3.8) is 0 Å². The molecule has 0 amide bonds. The molecular weight excluding hydrogens is 345 g/mol. The van der Waals surface area contributed by atoms with Gasteiger partial charge in [-0.3, -0.25) is 0 Å². The van der Waals surface area contributed by atoms with Gasteiger partial charge in [-0.1, -0.05) is 59.6 Å². The molecule has 0 aliphatic heterocycles. The first-order valence-electron chi connectivity index (χ1n) is 6.67. The Kier molecular flexibility index (Phi) is 6.27. The standard InChI is InChI=1S/C16H16Cl3NS/c1-2-10(20)8-12-13(17)4-3-5-16(12)21-11-6-7-14(18)15(19)9-11/h3-7,9-10H,2,8,20H2,1H3. The van der Waals surface area contributed by atoms with Gasteiger partial charge in [-0.2, -0.15) is 0 Å². The molecule has 1 nitrogen and oxygen atoms in total. The van der Waals surface area contributed by atoms with Crippen molar-refractivity contribution in [2.75, 3.05) is 0 Å². The van der Waals surface area contributed by atoms with E-state index in [0.29, 0.717) is 10.0 Å². The van der Waals surface area contributed by atoms with E-state index in [2.05, 4.69) is 13.0 Å². The fraction of sp³-hybridized carbons (Fsp3) is 0.250. The first-order valence-corrected chi connectivity index (χ1v) is 8.62. The molecule has 2 rings (SSSR count). The minimum Gasteiger partial charge on any atom is -0.327 e. The molecule has 5 heteroatoms. The average molecular weight is 361 g/mol. The molecule has 0 heterocycles. The predicted octanol–water partition coefficient (Wildman–Crippen LogP) is 6.08. The topological polar surface area (TPSA) is 26.0 Å². The first-order chi connectivity index (χ1) is 10.0. The van der Waals surface area contributed by atoms with E-state index in [9.17, 15) is 0 Å². The van der Waals surface area contributed by atoms with E-state index < -0.39 is 0 Å². The van der Waals surface area contributed by atoms with Gasteiger partial charge in [-0.25, -0.2) is 0 Å². The van der Waals surface area contributed by atoms with Gasteiger partial charge in [0.1, 0.15) is 0 Å². The maximum Gasteiger partial charge on any atom is 0.0603 e. The summed E-state index contributed by atoms with van der Waals surface area (Å²) in [5.41, 5.74) is 7.16. The van der Waals surface area contributed by atoms with E-state index >= 15 is 0 Å². The van der Waals surface area contributed by atoms with Gasteiger partial charge >= 0.3 is 0 Å². The SMILES string of the molecule is CCC(N)Cc1c(Cl)cccc1Sc1ccc(Cl)c(Cl)c1. The molecule has 0 radical (unpaired) electrons. The second-order valence-electron chi connectivity index (χ2n) is 4.77. The highest BCUT2D eigenvalue weighted by molar-refractivity contribution is 7.99. The number of hydrogen-bond donors (Lipinski definition) is 1. The fourth-order valence-electron chi connectivity index (χ4n) is 1.91. The first kappa shape index (κ1) is 17.0. The third kappa shape index (κ3) is 4.54. The van der Waals surface area contributed by atoms with Crippen LogP contribution < -0.4 is 5.73 Å². The Balaban J connectivity index is 2.30. The molecule has 0 aliphatic carbocycles. The summed E-state index contributed by atoms with van der Waals surface area (Å²) in [4.78, 5) is 2.13. The third-order valence-electron chi connectivity index (χ3n) is 3.19. The molecule has 2 aromatic carbocycles. The highest BCUT2D eigenvalue weighted by Crippen LogP contribution is 2.36. The Labute approximate surface area is 144 Å². The second kappa shape index (κ2) is 7.75. The van der Waals surface area contributed by atoms with Crippen molar-refractivity contribution in [1.82, 2.24) is 0 Å². The van der Waals surface area contributed by atoms with Crippen LogP contribution in [0.25, 0.3) is 0 Å². The van der Waals surface area contributed by atoms with Crippen molar-refractivity contribution >= 4 is 46.6 Å². The predicted molar refractivity (Wildman–Crippen MR) is 94.0 cm³/mol. The summed E-state index contributed by atoms with van der Waals surface area (Å²) in [6.07, 6.45) is 1.68. The van der Waals surface area contributed by atoms with Crippen LogP contribution in [0.1, 0.15) is 18.9 Å². The van der Waals surface area contributed by atoms with Gasteiger partial charge in [0.2, 0.25) is 0 Å². The Bertz CT molecular complexity index is 631. The van der Waals surface area contributed by atoms with E-state index in [4.69, 9.17) is 40.5 Å². The van der Waals surface area contributed by atoms with Crippen molar-refractivity contribution in [3.8, 4) is 0 Å². The molecule has 112 valence electrons. The van der Waals surface area contributed by atoms with Gasteiger partial charge in [0.15, 0.2) is 0 Å². The molecule has 0 aliphatic rings. The van der Waals surface area contributed by atoms with Crippen molar-refractivity contribution in [3.05, 3.63) is 57.0 Å². The highest BCUT2D eigenvalue weighted by Gasteiger charge is 2.12. The molecule has 1 atom stereocenters. The molecule has 0 saturated carbocycles. The summed E-state index contributed by atoms with van der Waals surface area (Å²) in [5, 5.41) is 1.86. The third-order valence-corrected chi connectivity index (χ3v) is 5.37. The molecule has 0 spiro atoms. The van der Waals surface area contributed by atoms with Crippen molar-refractivity contribution in [2.45, 2.75) is 35.6 Å². The van der Waals surface area contributed by atoms with E-state index in [0.717, 1.165) is 33.2 Å². The van der Waals surface area contributed by atoms with Crippen molar-refractivity contribution in [2.24, 2.45) is 5.73 Å². The lowest BCUT2D eigenvalue weighted by Gasteiger charge is -2.15. The quantitative estimate of drug-likeness (QED) is 0.699. The van der Waals surface area contributed by atoms with Crippen LogP contribution in [0.3, 0.4) is 0 Å². The Morgan fingerprint density at radius 1 is 1.05 bits per heavy atom. The fourth-order valence-corrected chi connectivity index (χ4v) is 3.61. The summed E-state index contributed by atoms with van der Waals surface area (Å²) in [6.45, 7) is 2.08. The zero-order chi connectivity index (χ0) is 15.4. The smallest absolute Gasteiger partial charge is 0.0603 e. The lowest BCUT2D eigenvalue weighted by atomic mass is 10.0. The van der Waals surface area contributed by atoms with Gasteiger partial charge < -0.3 is 5.73 Å². The van der Waals surface area contributed by atoms with Crippen molar-refractivity contribution < 1.29 is 0 Å². The van der Waals surface area contributed by atoms with Crippen molar-refractivity contribution in [1.29, 1.82) is 0 Å². The number of hydrogen-bond acceptors (Lipinski definition) is 2. The van der Waals surface area contributed by atoms with Crippen LogP contribution >= 0.6 is 46.6 Å². The largest absolute Gasteiger partial charge is 0.327 e. The monoisotopic (exact) mass is 359 g/mol. The molecule has 21 heavy (non-hydrogen) atoms. The van der Waals surface area contributed by atoms with Gasteiger partial charge in [-0.15, -0.1) is 0 Å².